The lowest BCUT2D eigenvalue weighted by Crippen LogP contribution is -2.43. The fraction of sp³-hybridized carbons (Fsp3) is 0.500. The van der Waals surface area contributed by atoms with Gasteiger partial charge in [0.15, 0.2) is 0 Å². The third kappa shape index (κ3) is 2.38. The van der Waals surface area contributed by atoms with Crippen molar-refractivity contribution in [1.29, 1.82) is 0 Å². The van der Waals surface area contributed by atoms with Crippen molar-refractivity contribution in [2.45, 2.75) is 0 Å². The van der Waals surface area contributed by atoms with E-state index < -0.39 is 0 Å². The molecule has 0 radical (unpaired) electrons. The third-order valence-corrected chi connectivity index (χ3v) is 3.71. The maximum absolute atomic E-state index is 12.1. The Hall–Kier alpha value is -1.75. The molecule has 0 spiro atoms. The summed E-state index contributed by atoms with van der Waals surface area (Å²) in [4.78, 5) is 16.2. The molecule has 0 aromatic heterocycles. The smallest absolute Gasteiger partial charge is 0.257 e. The summed E-state index contributed by atoms with van der Waals surface area (Å²) in [5.74, 6) is 0.754. The van der Waals surface area contributed by atoms with Gasteiger partial charge in [0.25, 0.3) is 5.91 Å². The first kappa shape index (κ1) is 12.3. The average Bonchev–Trinajstić information content (AvgIpc) is 2.60. The fourth-order valence-corrected chi connectivity index (χ4v) is 2.53. The Morgan fingerprint density at radius 1 is 1.21 bits per heavy atom. The number of carbonyl (C=O) groups excluding carboxylic acids is 1. The molecule has 2 aliphatic heterocycles. The van der Waals surface area contributed by atoms with Crippen LogP contribution in [0.1, 0.15) is 10.4 Å². The lowest BCUT2D eigenvalue weighted by molar-refractivity contribution is 0.0797. The first-order valence-electron chi connectivity index (χ1n) is 6.74. The van der Waals surface area contributed by atoms with Crippen molar-refractivity contribution < 1.29 is 9.53 Å². The number of hydrogen-bond donors (Lipinski definition) is 1. The maximum atomic E-state index is 12.1. The lowest BCUT2D eigenvalue weighted by Gasteiger charge is -2.29. The van der Waals surface area contributed by atoms with Gasteiger partial charge >= 0.3 is 0 Å². The Bertz CT molecular complexity index is 484. The van der Waals surface area contributed by atoms with Crippen LogP contribution in [0.15, 0.2) is 18.2 Å². The van der Waals surface area contributed by atoms with Gasteiger partial charge in [-0.2, -0.15) is 0 Å². The minimum atomic E-state index is 0.0411. The highest BCUT2D eigenvalue weighted by Gasteiger charge is 2.22. The predicted molar refractivity (Wildman–Crippen MR) is 74.0 cm³/mol. The largest absolute Gasteiger partial charge is 0.491 e. The number of amides is 1. The molecular formula is C14H19N3O2. The topological polar surface area (TPSA) is 44.8 Å². The number of ether oxygens (including phenoxy) is 1. The summed E-state index contributed by atoms with van der Waals surface area (Å²) in [5, 5.41) is 3.34. The second kappa shape index (κ2) is 5.09. The first-order chi connectivity index (χ1) is 9.25. The van der Waals surface area contributed by atoms with E-state index in [0.717, 1.165) is 31.9 Å². The number of piperazine rings is 1. The van der Waals surface area contributed by atoms with Crippen LogP contribution in [-0.2, 0) is 0 Å². The van der Waals surface area contributed by atoms with E-state index in [2.05, 4.69) is 10.2 Å². The van der Waals surface area contributed by atoms with Crippen LogP contribution in [0.2, 0.25) is 0 Å². The average molecular weight is 261 g/mol. The molecule has 1 fully saturated rings. The van der Waals surface area contributed by atoms with Crippen molar-refractivity contribution in [2.24, 2.45) is 0 Å². The second-order valence-electron chi connectivity index (χ2n) is 4.99. The molecule has 102 valence electrons. The van der Waals surface area contributed by atoms with E-state index in [1.807, 2.05) is 25.2 Å². The Kier molecular flexibility index (Phi) is 3.29. The van der Waals surface area contributed by atoms with Gasteiger partial charge in [-0.3, -0.25) is 4.79 Å². The van der Waals surface area contributed by atoms with Crippen LogP contribution in [0.25, 0.3) is 0 Å². The maximum Gasteiger partial charge on any atom is 0.257 e. The highest BCUT2D eigenvalue weighted by atomic mass is 16.5. The van der Waals surface area contributed by atoms with E-state index >= 15 is 0 Å². The Labute approximate surface area is 113 Å². The molecule has 0 bridgehead atoms. The first-order valence-corrected chi connectivity index (χ1v) is 6.74. The second-order valence-corrected chi connectivity index (χ2v) is 4.99. The highest BCUT2D eigenvalue weighted by molar-refractivity contribution is 5.97. The molecule has 1 N–H and O–H groups in total. The monoisotopic (exact) mass is 261 g/mol. The predicted octanol–water partition coefficient (Wildman–Crippen LogP) is 0.561. The number of nitrogens with one attached hydrogen (secondary N) is 1. The number of hydrogen-bond acceptors (Lipinski definition) is 4. The van der Waals surface area contributed by atoms with Crippen molar-refractivity contribution in [2.75, 3.05) is 51.3 Å². The van der Waals surface area contributed by atoms with Gasteiger partial charge in [-0.05, 0) is 12.1 Å². The van der Waals surface area contributed by atoms with Crippen molar-refractivity contribution in [3.05, 3.63) is 23.8 Å². The highest BCUT2D eigenvalue weighted by Crippen LogP contribution is 2.28. The van der Waals surface area contributed by atoms with Crippen LogP contribution in [0.3, 0.4) is 0 Å². The van der Waals surface area contributed by atoms with E-state index in [1.165, 1.54) is 0 Å². The van der Waals surface area contributed by atoms with Crippen molar-refractivity contribution in [3.63, 3.8) is 0 Å². The fourth-order valence-electron chi connectivity index (χ4n) is 2.53. The summed E-state index contributed by atoms with van der Waals surface area (Å²) in [6.45, 7) is 5.18. The molecule has 0 saturated carbocycles. The molecule has 19 heavy (non-hydrogen) atoms. The van der Waals surface area contributed by atoms with Crippen LogP contribution in [0.4, 0.5) is 5.69 Å². The molecule has 0 unspecified atom stereocenters. The van der Waals surface area contributed by atoms with Crippen molar-refractivity contribution in [1.82, 2.24) is 10.2 Å². The molecule has 0 atom stereocenters. The summed E-state index contributed by atoms with van der Waals surface area (Å²) in [6, 6.07) is 5.90. The van der Waals surface area contributed by atoms with Gasteiger partial charge in [0.2, 0.25) is 0 Å². The summed E-state index contributed by atoms with van der Waals surface area (Å²) in [6.07, 6.45) is 0. The molecule has 1 aromatic carbocycles. The molecule has 1 saturated heterocycles. The normalized spacial score (nSPS) is 19.7. The molecule has 0 aliphatic carbocycles. The number of nitrogens with zero attached hydrogens (tertiary/aromatic N) is 2. The Balaban J connectivity index is 1.90. The number of rotatable bonds is 1. The zero-order valence-electron chi connectivity index (χ0n) is 11.2. The molecule has 2 aliphatic rings. The zero-order valence-corrected chi connectivity index (χ0v) is 11.2. The van der Waals surface area contributed by atoms with Gasteiger partial charge in [0, 0.05) is 45.0 Å². The van der Waals surface area contributed by atoms with Gasteiger partial charge < -0.3 is 19.9 Å². The van der Waals surface area contributed by atoms with E-state index in [1.54, 1.807) is 4.90 Å². The molecule has 1 aromatic rings. The number of carbonyl (C=O) groups is 1. The third-order valence-electron chi connectivity index (χ3n) is 3.71. The van der Waals surface area contributed by atoms with Gasteiger partial charge in [-0.1, -0.05) is 0 Å². The quantitative estimate of drug-likeness (QED) is 0.802. The van der Waals surface area contributed by atoms with Crippen LogP contribution < -0.4 is 15.0 Å². The molecule has 5 nitrogen and oxygen atoms in total. The van der Waals surface area contributed by atoms with Crippen LogP contribution >= 0.6 is 0 Å². The zero-order chi connectivity index (χ0) is 13.2. The molecular weight excluding hydrogens is 242 g/mol. The summed E-state index contributed by atoms with van der Waals surface area (Å²) < 4.78 is 5.72. The number of fused-ring (bicyclic) bond motifs is 1. The van der Waals surface area contributed by atoms with Gasteiger partial charge in [0.1, 0.15) is 12.4 Å². The summed E-state index contributed by atoms with van der Waals surface area (Å²) >= 11 is 0. The number of benzene rings is 1. The van der Waals surface area contributed by atoms with Crippen LogP contribution in [-0.4, -0.2) is 57.2 Å². The lowest BCUT2D eigenvalue weighted by atomic mass is 10.1. The molecule has 3 rings (SSSR count). The van der Waals surface area contributed by atoms with E-state index in [-0.39, 0.29) is 5.91 Å². The van der Waals surface area contributed by atoms with Gasteiger partial charge in [-0.15, -0.1) is 0 Å². The Morgan fingerprint density at radius 3 is 2.79 bits per heavy atom. The van der Waals surface area contributed by atoms with Crippen molar-refractivity contribution in [3.8, 4) is 5.75 Å². The molecule has 2 heterocycles. The van der Waals surface area contributed by atoms with Crippen LogP contribution in [0, 0.1) is 0 Å². The van der Waals surface area contributed by atoms with Gasteiger partial charge in [-0.25, -0.2) is 0 Å². The Morgan fingerprint density at radius 2 is 2.00 bits per heavy atom. The van der Waals surface area contributed by atoms with E-state index in [4.69, 9.17) is 4.74 Å². The minimum absolute atomic E-state index is 0.0411. The molecule has 1 amide bonds. The van der Waals surface area contributed by atoms with E-state index in [9.17, 15) is 4.79 Å². The summed E-state index contributed by atoms with van der Waals surface area (Å²) in [7, 11) is 1.81. The number of likely N-dealkylation sites (N-methyl/N-ethyl adjacent to an activating group) is 1. The SMILES string of the molecule is CN1CCOc2cc(N3CCNCC3)ccc2C1=O. The van der Waals surface area contributed by atoms with Crippen molar-refractivity contribution >= 4 is 11.6 Å². The minimum Gasteiger partial charge on any atom is -0.491 e. The summed E-state index contributed by atoms with van der Waals surface area (Å²) in [5.41, 5.74) is 1.80. The molecule has 5 heteroatoms. The van der Waals surface area contributed by atoms with Gasteiger partial charge in [0.05, 0.1) is 12.1 Å². The van der Waals surface area contributed by atoms with Crippen LogP contribution in [0.5, 0.6) is 5.75 Å². The standard InChI is InChI=1S/C14H19N3O2/c1-16-8-9-19-13-10-11(2-3-12(13)14(16)18)17-6-4-15-5-7-17/h2-3,10,15H,4-9H2,1H3. The number of anilines is 1. The van der Waals surface area contributed by atoms with E-state index in [0.29, 0.717) is 24.5 Å².